The van der Waals surface area contributed by atoms with E-state index in [2.05, 4.69) is 95.9 Å². The molecule has 2 heteroatoms. The van der Waals surface area contributed by atoms with Crippen LogP contribution in [0.1, 0.15) is 16.8 Å². The molecule has 0 spiro atoms. The van der Waals surface area contributed by atoms with Crippen molar-refractivity contribution >= 4 is 17.8 Å². The predicted octanol–water partition coefficient (Wildman–Crippen LogP) is 4.29. The fraction of sp³-hybridized carbons (Fsp3) is 0.0952. The van der Waals surface area contributed by atoms with E-state index in [1.165, 1.54) is 16.8 Å². The third-order valence-electron chi connectivity index (χ3n) is 3.79. The average molecular weight is 301 g/mol. The van der Waals surface area contributed by atoms with Crippen molar-refractivity contribution in [2.24, 2.45) is 7.05 Å². The molecule has 0 bridgehead atoms. The molecule has 114 valence electrons. The van der Waals surface area contributed by atoms with Gasteiger partial charge in [-0.25, -0.2) is 4.57 Å². The van der Waals surface area contributed by atoms with Crippen LogP contribution in [0.5, 0.6) is 0 Å². The van der Waals surface area contributed by atoms with E-state index in [9.17, 15) is 0 Å². The third-order valence-corrected chi connectivity index (χ3v) is 3.79. The summed E-state index contributed by atoms with van der Waals surface area (Å²) in [6, 6.07) is 25.1. The van der Waals surface area contributed by atoms with Gasteiger partial charge in [-0.05, 0) is 35.4 Å². The van der Waals surface area contributed by atoms with Gasteiger partial charge in [0.15, 0.2) is 6.20 Å². The van der Waals surface area contributed by atoms with E-state index in [-0.39, 0.29) is 0 Å². The topological polar surface area (TPSA) is 15.9 Å². The van der Waals surface area contributed by atoms with E-state index in [1.54, 1.807) is 0 Å². The summed E-state index contributed by atoms with van der Waals surface area (Å²) in [5.74, 6) is 0. The minimum Gasteiger partial charge on any atom is -0.381 e. The summed E-state index contributed by atoms with van der Waals surface area (Å²) in [5, 5.41) is 3.44. The molecular formula is C21H21N2+. The van der Waals surface area contributed by atoms with Crippen LogP contribution < -0.4 is 9.88 Å². The van der Waals surface area contributed by atoms with E-state index in [1.807, 2.05) is 12.1 Å². The summed E-state index contributed by atoms with van der Waals surface area (Å²) in [6.45, 7) is 0.843. The van der Waals surface area contributed by atoms with Gasteiger partial charge in [0.05, 0.1) is 0 Å². The Bertz CT molecular complexity index is 774. The molecule has 1 aromatic heterocycles. The van der Waals surface area contributed by atoms with E-state index in [4.69, 9.17) is 0 Å². The molecule has 0 radical (unpaired) electrons. The number of aromatic nitrogens is 1. The van der Waals surface area contributed by atoms with Gasteiger partial charge in [0.1, 0.15) is 7.05 Å². The normalized spacial score (nSPS) is 10.8. The molecule has 0 aliphatic heterocycles. The van der Waals surface area contributed by atoms with Crippen molar-refractivity contribution in [3.8, 4) is 0 Å². The molecule has 0 saturated carbocycles. The summed E-state index contributed by atoms with van der Waals surface area (Å²) in [7, 11) is 2.05. The first kappa shape index (κ1) is 15.0. The highest BCUT2D eigenvalue weighted by Crippen LogP contribution is 2.13. The smallest absolute Gasteiger partial charge is 0.204 e. The molecule has 0 aliphatic rings. The summed E-state index contributed by atoms with van der Waals surface area (Å²) in [6.07, 6.45) is 6.32. The van der Waals surface area contributed by atoms with Gasteiger partial charge in [0.2, 0.25) is 5.69 Å². The fourth-order valence-corrected chi connectivity index (χ4v) is 2.40. The van der Waals surface area contributed by atoms with E-state index < -0.39 is 0 Å². The molecule has 0 amide bonds. The van der Waals surface area contributed by atoms with Crippen molar-refractivity contribution in [3.05, 3.63) is 95.8 Å². The zero-order chi connectivity index (χ0) is 15.9. The molecule has 3 aromatic rings. The lowest BCUT2D eigenvalue weighted by Crippen LogP contribution is -2.30. The molecule has 0 saturated heterocycles. The zero-order valence-corrected chi connectivity index (χ0v) is 13.3. The first-order valence-electron chi connectivity index (χ1n) is 7.82. The molecule has 0 unspecified atom stereocenters. The van der Waals surface area contributed by atoms with Crippen LogP contribution in [-0.2, 0) is 13.6 Å². The van der Waals surface area contributed by atoms with Gasteiger partial charge in [-0.1, -0.05) is 42.5 Å². The number of nitrogens with zero attached hydrogens (tertiary/aromatic N) is 1. The maximum atomic E-state index is 3.44. The first-order valence-corrected chi connectivity index (χ1v) is 7.82. The van der Waals surface area contributed by atoms with Gasteiger partial charge in [0, 0.05) is 30.4 Å². The lowest BCUT2D eigenvalue weighted by Gasteiger charge is -2.06. The van der Waals surface area contributed by atoms with Crippen molar-refractivity contribution in [1.82, 2.24) is 0 Å². The Hall–Kier alpha value is -2.87. The second-order valence-corrected chi connectivity index (χ2v) is 5.53. The number of nitrogens with one attached hydrogen (secondary N) is 1. The molecule has 1 N–H and O–H groups in total. The highest BCUT2D eigenvalue weighted by Gasteiger charge is 1.99. The Morgan fingerprint density at radius 1 is 0.826 bits per heavy atom. The molecule has 1 heterocycles. The summed E-state index contributed by atoms with van der Waals surface area (Å²) in [5.41, 5.74) is 4.79. The van der Waals surface area contributed by atoms with Crippen LogP contribution in [0.3, 0.4) is 0 Å². The van der Waals surface area contributed by atoms with E-state index in [0.29, 0.717) is 0 Å². The van der Waals surface area contributed by atoms with Gasteiger partial charge in [0.25, 0.3) is 0 Å². The molecule has 23 heavy (non-hydrogen) atoms. The van der Waals surface area contributed by atoms with E-state index in [0.717, 1.165) is 12.2 Å². The summed E-state index contributed by atoms with van der Waals surface area (Å²) < 4.78 is 2.10. The third kappa shape index (κ3) is 4.30. The standard InChI is InChI=1S/C21H20N2/c1-23-16-6-5-9-21(23)15-12-18-10-13-20(14-11-18)22-17-19-7-3-2-4-8-19/h2-16H,17H2,1H3/p+1. The summed E-state index contributed by atoms with van der Waals surface area (Å²) in [4.78, 5) is 0. The molecule has 0 fully saturated rings. The molecular weight excluding hydrogens is 280 g/mol. The lowest BCUT2D eigenvalue weighted by atomic mass is 10.1. The minimum atomic E-state index is 0.843. The average Bonchev–Trinajstić information content (AvgIpc) is 2.61. The molecule has 2 nitrogen and oxygen atoms in total. The number of benzene rings is 2. The van der Waals surface area contributed by atoms with Gasteiger partial charge < -0.3 is 5.32 Å². The van der Waals surface area contributed by atoms with Crippen molar-refractivity contribution in [2.75, 3.05) is 5.32 Å². The van der Waals surface area contributed by atoms with Crippen LogP contribution in [0, 0.1) is 0 Å². The Morgan fingerprint density at radius 3 is 2.30 bits per heavy atom. The Kier molecular flexibility index (Phi) is 4.85. The molecule has 0 aliphatic carbocycles. The van der Waals surface area contributed by atoms with Gasteiger partial charge >= 0.3 is 0 Å². The maximum absolute atomic E-state index is 3.44. The minimum absolute atomic E-state index is 0.843. The second kappa shape index (κ2) is 7.41. The predicted molar refractivity (Wildman–Crippen MR) is 96.8 cm³/mol. The van der Waals surface area contributed by atoms with Crippen LogP contribution >= 0.6 is 0 Å². The largest absolute Gasteiger partial charge is 0.381 e. The fourth-order valence-electron chi connectivity index (χ4n) is 2.40. The van der Waals surface area contributed by atoms with Crippen molar-refractivity contribution in [2.45, 2.75) is 6.54 Å². The van der Waals surface area contributed by atoms with Crippen molar-refractivity contribution in [1.29, 1.82) is 0 Å². The Morgan fingerprint density at radius 2 is 1.57 bits per heavy atom. The van der Waals surface area contributed by atoms with Gasteiger partial charge in [-0.3, -0.25) is 0 Å². The first-order chi connectivity index (χ1) is 11.3. The number of hydrogen-bond acceptors (Lipinski definition) is 1. The lowest BCUT2D eigenvalue weighted by molar-refractivity contribution is -0.673. The van der Waals surface area contributed by atoms with Gasteiger partial charge in [-0.2, -0.15) is 0 Å². The monoisotopic (exact) mass is 301 g/mol. The number of pyridine rings is 1. The highest BCUT2D eigenvalue weighted by atomic mass is 14.9. The maximum Gasteiger partial charge on any atom is 0.204 e. The number of anilines is 1. The number of rotatable bonds is 5. The van der Waals surface area contributed by atoms with Crippen LogP contribution in [0.2, 0.25) is 0 Å². The Balaban J connectivity index is 1.62. The van der Waals surface area contributed by atoms with E-state index >= 15 is 0 Å². The molecule has 3 rings (SSSR count). The Labute approximate surface area is 137 Å². The number of aryl methyl sites for hydroxylation is 1. The van der Waals surface area contributed by atoms with Crippen molar-refractivity contribution in [3.63, 3.8) is 0 Å². The van der Waals surface area contributed by atoms with Crippen LogP contribution in [0.4, 0.5) is 5.69 Å². The molecule has 0 atom stereocenters. The second-order valence-electron chi connectivity index (χ2n) is 5.53. The SMILES string of the molecule is C[n+]1ccccc1/C=C/c1ccc(NCc2ccccc2)cc1. The summed E-state index contributed by atoms with van der Waals surface area (Å²) >= 11 is 0. The quantitative estimate of drug-likeness (QED) is 0.695. The molecule has 2 aromatic carbocycles. The van der Waals surface area contributed by atoms with Crippen molar-refractivity contribution < 1.29 is 4.57 Å². The van der Waals surface area contributed by atoms with Crippen LogP contribution in [0.15, 0.2) is 79.0 Å². The van der Waals surface area contributed by atoms with Crippen LogP contribution in [0.25, 0.3) is 12.2 Å². The van der Waals surface area contributed by atoms with Gasteiger partial charge in [-0.15, -0.1) is 0 Å². The highest BCUT2D eigenvalue weighted by molar-refractivity contribution is 5.68. The van der Waals surface area contributed by atoms with Crippen LogP contribution in [-0.4, -0.2) is 0 Å². The number of hydrogen-bond donors (Lipinski definition) is 1. The zero-order valence-electron chi connectivity index (χ0n) is 13.3.